The topological polar surface area (TPSA) is 95.5 Å². The number of nitrogens with one attached hydrogen (secondary N) is 2. The molecule has 0 aliphatic carbocycles. The van der Waals surface area contributed by atoms with Crippen molar-refractivity contribution in [1.82, 2.24) is 5.32 Å². The van der Waals surface area contributed by atoms with Gasteiger partial charge < -0.3 is 15.7 Å². The normalized spacial score (nSPS) is 11.3. The van der Waals surface area contributed by atoms with E-state index in [0.29, 0.717) is 17.8 Å². The molecular weight excluding hydrogens is 488 g/mol. The van der Waals surface area contributed by atoms with Gasteiger partial charge in [0.1, 0.15) is 0 Å². The Morgan fingerprint density at radius 1 is 0.718 bits per heavy atom. The minimum Gasteiger partial charge on any atom is -0.481 e. The van der Waals surface area contributed by atoms with Gasteiger partial charge in [0.05, 0.1) is 0 Å². The number of carboxylic acid groups (broad SMARTS) is 1. The maximum Gasteiger partial charge on any atom is 0.303 e. The molecule has 0 heterocycles. The lowest BCUT2D eigenvalue weighted by Crippen LogP contribution is -2.22. The lowest BCUT2D eigenvalue weighted by Gasteiger charge is -2.15. The molecule has 0 bridgehead atoms. The molecule has 6 heteroatoms. The van der Waals surface area contributed by atoms with Gasteiger partial charge in [0.2, 0.25) is 11.8 Å². The number of carbonyl (C=O) groups is 3. The molecule has 0 atom stereocenters. The Hall–Kier alpha value is -3.41. The van der Waals surface area contributed by atoms with Crippen LogP contribution in [-0.2, 0) is 14.4 Å². The Bertz CT molecular complexity index is 1030. The minimum atomic E-state index is -0.920. The van der Waals surface area contributed by atoms with Gasteiger partial charge in [-0.2, -0.15) is 0 Å². The highest BCUT2D eigenvalue weighted by Crippen LogP contribution is 2.29. The molecule has 2 aromatic carbocycles. The summed E-state index contributed by atoms with van der Waals surface area (Å²) in [6.07, 6.45) is 15.8. The molecule has 2 rings (SSSR count). The number of aliphatic carboxylic acids is 1. The van der Waals surface area contributed by atoms with Crippen LogP contribution >= 0.6 is 0 Å². The summed E-state index contributed by atoms with van der Waals surface area (Å²) in [5, 5.41) is 14.8. The second kappa shape index (κ2) is 19.6. The predicted octanol–water partition coefficient (Wildman–Crippen LogP) is 7.74. The number of hydrogen-bond donors (Lipinski definition) is 3. The molecule has 212 valence electrons. The zero-order chi connectivity index (χ0) is 28.1. The summed E-state index contributed by atoms with van der Waals surface area (Å²) in [5.41, 5.74) is 2.91. The molecule has 0 fully saturated rings. The van der Waals surface area contributed by atoms with Gasteiger partial charge in [-0.1, -0.05) is 120 Å². The van der Waals surface area contributed by atoms with Gasteiger partial charge in [0, 0.05) is 36.7 Å². The first-order valence-electron chi connectivity index (χ1n) is 14.7. The van der Waals surface area contributed by atoms with Crippen LogP contribution < -0.4 is 10.6 Å². The first kappa shape index (κ1) is 31.8. The second-order valence-electron chi connectivity index (χ2n) is 10.1. The fraction of sp³-hybridized carbons (Fsp3) is 0.485. The van der Waals surface area contributed by atoms with Crippen molar-refractivity contribution in [2.24, 2.45) is 0 Å². The van der Waals surface area contributed by atoms with Crippen molar-refractivity contribution >= 4 is 29.0 Å². The third-order valence-corrected chi connectivity index (χ3v) is 6.73. The number of hydrogen-bond acceptors (Lipinski definition) is 3. The summed E-state index contributed by atoms with van der Waals surface area (Å²) < 4.78 is 0. The average molecular weight is 535 g/mol. The summed E-state index contributed by atoms with van der Waals surface area (Å²) in [5.74, 6) is -1.34. The molecule has 0 saturated heterocycles. The smallest absolute Gasteiger partial charge is 0.303 e. The highest BCUT2D eigenvalue weighted by atomic mass is 16.4. The fourth-order valence-corrected chi connectivity index (χ4v) is 4.56. The molecule has 39 heavy (non-hydrogen) atoms. The number of carbonyl (C=O) groups excluding carboxylic acids is 2. The Balaban J connectivity index is 1.91. The second-order valence-corrected chi connectivity index (χ2v) is 10.1. The molecular formula is C33H46N2O4. The van der Waals surface area contributed by atoms with Gasteiger partial charge in [-0.15, -0.1) is 0 Å². The SMILES string of the molecule is CCCCCCCCCCCCCNC(=O)C=C(c1ccccc1)c1ccccc1NC(=O)CCCC(=O)O. The first-order chi connectivity index (χ1) is 19.0. The summed E-state index contributed by atoms with van der Waals surface area (Å²) in [6, 6.07) is 17.0. The molecule has 2 aromatic rings. The lowest BCUT2D eigenvalue weighted by atomic mass is 9.95. The van der Waals surface area contributed by atoms with Crippen molar-refractivity contribution in [2.45, 2.75) is 96.8 Å². The van der Waals surface area contributed by atoms with Gasteiger partial charge >= 0.3 is 5.97 Å². The maximum absolute atomic E-state index is 12.9. The Morgan fingerprint density at radius 3 is 1.95 bits per heavy atom. The van der Waals surface area contributed by atoms with Crippen molar-refractivity contribution in [2.75, 3.05) is 11.9 Å². The van der Waals surface area contributed by atoms with E-state index in [0.717, 1.165) is 24.0 Å². The Morgan fingerprint density at radius 2 is 1.31 bits per heavy atom. The van der Waals surface area contributed by atoms with Crippen molar-refractivity contribution in [3.8, 4) is 0 Å². The standard InChI is InChI=1S/C33H46N2O4/c1-2-3-4-5-6-7-8-9-10-11-17-25-34-32(37)26-29(27-19-13-12-14-20-27)28-21-15-16-22-30(28)35-31(36)23-18-24-33(38)39/h12-16,19-22,26H,2-11,17-18,23-25H2,1H3,(H,34,37)(H,35,36)(H,38,39). The van der Waals surface area contributed by atoms with Gasteiger partial charge in [-0.3, -0.25) is 14.4 Å². The first-order valence-corrected chi connectivity index (χ1v) is 14.7. The summed E-state index contributed by atoms with van der Waals surface area (Å²) in [6.45, 7) is 2.88. The molecule has 6 nitrogen and oxygen atoms in total. The summed E-state index contributed by atoms with van der Waals surface area (Å²) in [7, 11) is 0. The molecule has 0 radical (unpaired) electrons. The predicted molar refractivity (Wildman–Crippen MR) is 160 cm³/mol. The average Bonchev–Trinajstić information content (AvgIpc) is 2.93. The summed E-state index contributed by atoms with van der Waals surface area (Å²) >= 11 is 0. The van der Waals surface area contributed by atoms with E-state index in [-0.39, 0.29) is 31.1 Å². The quantitative estimate of drug-likeness (QED) is 0.120. The Labute approximate surface area is 234 Å². The largest absolute Gasteiger partial charge is 0.481 e. The van der Waals surface area contributed by atoms with E-state index in [2.05, 4.69) is 17.6 Å². The van der Waals surface area contributed by atoms with Crippen LogP contribution in [0.25, 0.3) is 5.57 Å². The number of carboxylic acids is 1. The monoisotopic (exact) mass is 534 g/mol. The lowest BCUT2D eigenvalue weighted by molar-refractivity contribution is -0.137. The van der Waals surface area contributed by atoms with Crippen molar-refractivity contribution in [3.05, 3.63) is 71.8 Å². The minimum absolute atomic E-state index is 0.0521. The maximum atomic E-state index is 12.9. The zero-order valence-electron chi connectivity index (χ0n) is 23.6. The van der Waals surface area contributed by atoms with Crippen LogP contribution in [-0.4, -0.2) is 29.4 Å². The van der Waals surface area contributed by atoms with E-state index in [1.165, 1.54) is 57.8 Å². The molecule has 0 aromatic heterocycles. The van der Waals surface area contributed by atoms with E-state index in [9.17, 15) is 14.4 Å². The third-order valence-electron chi connectivity index (χ3n) is 6.73. The van der Waals surface area contributed by atoms with Crippen LogP contribution in [0.3, 0.4) is 0 Å². The molecule has 0 spiro atoms. The highest BCUT2D eigenvalue weighted by molar-refractivity contribution is 6.03. The van der Waals surface area contributed by atoms with Gasteiger partial charge in [0.25, 0.3) is 0 Å². The van der Waals surface area contributed by atoms with Crippen LogP contribution in [0.2, 0.25) is 0 Å². The number of amides is 2. The van der Waals surface area contributed by atoms with Crippen LogP contribution in [0, 0.1) is 0 Å². The molecule has 0 aliphatic rings. The number of para-hydroxylation sites is 1. The van der Waals surface area contributed by atoms with Crippen molar-refractivity contribution < 1.29 is 19.5 Å². The third kappa shape index (κ3) is 13.8. The number of benzene rings is 2. The van der Waals surface area contributed by atoms with E-state index in [1.807, 2.05) is 48.5 Å². The number of anilines is 1. The van der Waals surface area contributed by atoms with E-state index >= 15 is 0 Å². The van der Waals surface area contributed by atoms with Gasteiger partial charge in [-0.05, 0) is 30.0 Å². The number of unbranched alkanes of at least 4 members (excludes halogenated alkanes) is 10. The highest BCUT2D eigenvalue weighted by Gasteiger charge is 2.14. The molecule has 0 aliphatic heterocycles. The van der Waals surface area contributed by atoms with E-state index < -0.39 is 5.97 Å². The van der Waals surface area contributed by atoms with Crippen LogP contribution in [0.5, 0.6) is 0 Å². The molecule has 3 N–H and O–H groups in total. The van der Waals surface area contributed by atoms with Crippen LogP contribution in [0.4, 0.5) is 5.69 Å². The van der Waals surface area contributed by atoms with E-state index in [4.69, 9.17) is 5.11 Å². The molecule has 0 unspecified atom stereocenters. The van der Waals surface area contributed by atoms with Crippen LogP contribution in [0.1, 0.15) is 108 Å². The Kier molecular flexibility index (Phi) is 16.0. The van der Waals surface area contributed by atoms with E-state index in [1.54, 1.807) is 12.1 Å². The molecule has 2 amide bonds. The zero-order valence-corrected chi connectivity index (χ0v) is 23.6. The van der Waals surface area contributed by atoms with Gasteiger partial charge in [0.15, 0.2) is 0 Å². The summed E-state index contributed by atoms with van der Waals surface area (Å²) in [4.78, 5) is 36.1. The van der Waals surface area contributed by atoms with Crippen molar-refractivity contribution in [1.29, 1.82) is 0 Å². The van der Waals surface area contributed by atoms with Gasteiger partial charge in [-0.25, -0.2) is 0 Å². The van der Waals surface area contributed by atoms with Crippen LogP contribution in [0.15, 0.2) is 60.7 Å². The molecule has 0 saturated carbocycles. The number of rotatable bonds is 20. The fourth-order valence-electron chi connectivity index (χ4n) is 4.56. The van der Waals surface area contributed by atoms with Crippen molar-refractivity contribution in [3.63, 3.8) is 0 Å².